The molecule has 0 aliphatic heterocycles. The average molecular weight is 138 g/mol. The fraction of sp³-hybridized carbons (Fsp3) is 0. The Bertz CT molecular complexity index is 296. The van der Waals surface area contributed by atoms with Gasteiger partial charge in [0, 0.05) is 0 Å². The van der Waals surface area contributed by atoms with Crippen LogP contribution in [0.3, 0.4) is 0 Å². The molecular formula is C4H2N4O2. The Morgan fingerprint density at radius 2 is 2.60 bits per heavy atom. The molecule has 1 rings (SSSR count). The number of rotatable bonds is 1. The van der Waals surface area contributed by atoms with Crippen molar-refractivity contribution in [2.24, 2.45) is 0 Å². The summed E-state index contributed by atoms with van der Waals surface area (Å²) in [6.07, 6.45) is 1.11. The highest BCUT2D eigenvalue weighted by atomic mass is 16.6. The third-order valence-electron chi connectivity index (χ3n) is 0.856. The molecule has 0 saturated heterocycles. The van der Waals surface area contributed by atoms with Crippen LogP contribution in [0.2, 0.25) is 0 Å². The minimum Gasteiger partial charge on any atom is -0.390 e. The Balaban J connectivity index is 3.02. The lowest BCUT2D eigenvalue weighted by Crippen LogP contribution is -1.88. The highest BCUT2D eigenvalue weighted by Gasteiger charge is 2.08. The Kier molecular flexibility index (Phi) is 1.33. The molecule has 10 heavy (non-hydrogen) atoms. The standard InChI is InChI=1S/C4H2N4O2/c5-1-3-2-6-4(7-3)8(9)10/h2H,(H,6,7). The summed E-state index contributed by atoms with van der Waals surface area (Å²) in [7, 11) is 0. The molecule has 1 aromatic rings. The molecule has 0 radical (unpaired) electrons. The summed E-state index contributed by atoms with van der Waals surface area (Å²) in [5, 5.41) is 18.1. The maximum atomic E-state index is 9.93. The van der Waals surface area contributed by atoms with Crippen molar-refractivity contribution in [2.75, 3.05) is 0 Å². The zero-order chi connectivity index (χ0) is 7.56. The molecule has 50 valence electrons. The van der Waals surface area contributed by atoms with Gasteiger partial charge in [0.25, 0.3) is 0 Å². The van der Waals surface area contributed by atoms with Gasteiger partial charge < -0.3 is 10.1 Å². The van der Waals surface area contributed by atoms with E-state index in [-0.39, 0.29) is 5.69 Å². The number of hydrogen-bond donors (Lipinski definition) is 1. The molecule has 6 nitrogen and oxygen atoms in total. The Hall–Kier alpha value is -1.90. The third-order valence-corrected chi connectivity index (χ3v) is 0.856. The van der Waals surface area contributed by atoms with Gasteiger partial charge in [0.1, 0.15) is 6.07 Å². The summed E-state index contributed by atoms with van der Waals surface area (Å²) in [6.45, 7) is 0. The molecule has 0 saturated carbocycles. The van der Waals surface area contributed by atoms with Crippen molar-refractivity contribution in [3.8, 4) is 6.07 Å². The van der Waals surface area contributed by atoms with Crippen LogP contribution < -0.4 is 0 Å². The van der Waals surface area contributed by atoms with Gasteiger partial charge in [-0.2, -0.15) is 5.26 Å². The van der Waals surface area contributed by atoms with Crippen molar-refractivity contribution in [1.82, 2.24) is 9.97 Å². The summed E-state index contributed by atoms with van der Waals surface area (Å²) in [5.41, 5.74) is 0.0895. The summed E-state index contributed by atoms with van der Waals surface area (Å²) in [4.78, 5) is 14.7. The molecule has 0 amide bonds. The van der Waals surface area contributed by atoms with E-state index in [1.807, 2.05) is 0 Å². The van der Waals surface area contributed by atoms with Crippen LogP contribution in [0.15, 0.2) is 6.20 Å². The smallest absolute Gasteiger partial charge is 0.390 e. The van der Waals surface area contributed by atoms with Gasteiger partial charge in [-0.25, -0.2) is 4.98 Å². The van der Waals surface area contributed by atoms with E-state index in [2.05, 4.69) is 9.97 Å². The number of imidazole rings is 1. The van der Waals surface area contributed by atoms with E-state index >= 15 is 0 Å². The topological polar surface area (TPSA) is 95.6 Å². The van der Waals surface area contributed by atoms with Gasteiger partial charge in [-0.05, 0) is 4.92 Å². The number of aromatic nitrogens is 2. The van der Waals surface area contributed by atoms with Crippen LogP contribution in [-0.4, -0.2) is 14.9 Å². The minimum absolute atomic E-state index is 0.0895. The molecule has 0 spiro atoms. The van der Waals surface area contributed by atoms with Crippen molar-refractivity contribution in [2.45, 2.75) is 0 Å². The first-order valence-corrected chi connectivity index (χ1v) is 2.33. The van der Waals surface area contributed by atoms with E-state index in [1.165, 1.54) is 0 Å². The summed E-state index contributed by atoms with van der Waals surface area (Å²) in [6, 6.07) is 1.68. The predicted molar refractivity (Wildman–Crippen MR) is 30.0 cm³/mol. The lowest BCUT2D eigenvalue weighted by atomic mass is 10.6. The zero-order valence-electron chi connectivity index (χ0n) is 4.74. The predicted octanol–water partition coefficient (Wildman–Crippen LogP) is 0.190. The molecule has 6 heteroatoms. The second-order valence-electron chi connectivity index (χ2n) is 1.49. The van der Waals surface area contributed by atoms with Crippen LogP contribution in [0, 0.1) is 21.4 Å². The Labute approximate surface area is 55.3 Å². The second-order valence-corrected chi connectivity index (χ2v) is 1.49. The summed E-state index contributed by atoms with van der Waals surface area (Å²) in [5.74, 6) is -0.406. The lowest BCUT2D eigenvalue weighted by Gasteiger charge is -1.84. The molecule has 0 fully saturated rings. The number of aromatic amines is 1. The van der Waals surface area contributed by atoms with E-state index in [0.29, 0.717) is 0 Å². The fourth-order valence-corrected chi connectivity index (χ4v) is 0.460. The van der Waals surface area contributed by atoms with E-state index in [0.717, 1.165) is 6.20 Å². The Morgan fingerprint density at radius 1 is 1.90 bits per heavy atom. The quantitative estimate of drug-likeness (QED) is 0.442. The summed E-state index contributed by atoms with van der Waals surface area (Å²) < 4.78 is 0. The van der Waals surface area contributed by atoms with Crippen LogP contribution in [0.5, 0.6) is 0 Å². The van der Waals surface area contributed by atoms with Gasteiger partial charge in [-0.15, -0.1) is 0 Å². The maximum Gasteiger partial charge on any atom is 0.433 e. The largest absolute Gasteiger partial charge is 0.433 e. The molecule has 0 aliphatic rings. The maximum absolute atomic E-state index is 9.93. The van der Waals surface area contributed by atoms with Crippen LogP contribution in [-0.2, 0) is 0 Å². The van der Waals surface area contributed by atoms with Crippen LogP contribution in [0.4, 0.5) is 5.95 Å². The van der Waals surface area contributed by atoms with Crippen molar-refractivity contribution >= 4 is 5.95 Å². The van der Waals surface area contributed by atoms with Crippen LogP contribution in [0.25, 0.3) is 0 Å². The number of hydrogen-bond acceptors (Lipinski definition) is 4. The van der Waals surface area contributed by atoms with E-state index in [4.69, 9.17) is 5.26 Å². The van der Waals surface area contributed by atoms with E-state index in [1.54, 1.807) is 6.07 Å². The minimum atomic E-state index is -0.694. The lowest BCUT2D eigenvalue weighted by molar-refractivity contribution is -0.393. The van der Waals surface area contributed by atoms with E-state index < -0.39 is 10.9 Å². The molecular weight excluding hydrogens is 136 g/mol. The number of nitriles is 1. The summed E-state index contributed by atoms with van der Waals surface area (Å²) >= 11 is 0. The molecule has 1 N–H and O–H groups in total. The van der Waals surface area contributed by atoms with E-state index in [9.17, 15) is 10.1 Å². The van der Waals surface area contributed by atoms with Gasteiger partial charge in [0.05, 0.1) is 0 Å². The van der Waals surface area contributed by atoms with Gasteiger partial charge in [-0.1, -0.05) is 4.98 Å². The normalized spacial score (nSPS) is 8.70. The average Bonchev–Trinajstić information content (AvgIpc) is 2.34. The van der Waals surface area contributed by atoms with Crippen molar-refractivity contribution < 1.29 is 4.92 Å². The van der Waals surface area contributed by atoms with Gasteiger partial charge in [0.2, 0.25) is 5.69 Å². The number of nitrogens with zero attached hydrogens (tertiary/aromatic N) is 3. The van der Waals surface area contributed by atoms with Crippen LogP contribution >= 0.6 is 0 Å². The zero-order valence-corrected chi connectivity index (χ0v) is 4.74. The molecule has 1 heterocycles. The van der Waals surface area contributed by atoms with Crippen molar-refractivity contribution in [3.63, 3.8) is 0 Å². The monoisotopic (exact) mass is 138 g/mol. The van der Waals surface area contributed by atoms with Gasteiger partial charge in [0.15, 0.2) is 6.20 Å². The molecule has 0 unspecified atom stereocenters. The highest BCUT2D eigenvalue weighted by Crippen LogP contribution is 2.02. The Morgan fingerprint density at radius 3 is 2.90 bits per heavy atom. The third kappa shape index (κ3) is 0.925. The fourth-order valence-electron chi connectivity index (χ4n) is 0.460. The first-order valence-electron chi connectivity index (χ1n) is 2.33. The van der Waals surface area contributed by atoms with Gasteiger partial charge in [-0.3, -0.25) is 0 Å². The number of H-pyrrole nitrogens is 1. The molecule has 0 bridgehead atoms. The SMILES string of the molecule is N#Cc1cnc([N+](=O)[O-])[nH]1. The molecule has 0 aromatic carbocycles. The number of nitro groups is 1. The first kappa shape index (κ1) is 6.22. The van der Waals surface area contributed by atoms with Crippen LogP contribution in [0.1, 0.15) is 5.69 Å². The molecule has 0 aliphatic carbocycles. The van der Waals surface area contributed by atoms with Crippen molar-refractivity contribution in [3.05, 3.63) is 22.0 Å². The molecule has 1 aromatic heterocycles. The molecule has 0 atom stereocenters. The second kappa shape index (κ2) is 2.14. The first-order chi connectivity index (χ1) is 4.74. The highest BCUT2D eigenvalue weighted by molar-refractivity contribution is 5.21. The van der Waals surface area contributed by atoms with Gasteiger partial charge >= 0.3 is 5.95 Å². The number of nitrogens with one attached hydrogen (secondary N) is 1. The van der Waals surface area contributed by atoms with Crippen molar-refractivity contribution in [1.29, 1.82) is 5.26 Å².